The first-order valence-corrected chi connectivity index (χ1v) is 11.6. The van der Waals surface area contributed by atoms with Gasteiger partial charge in [0.15, 0.2) is 0 Å². The van der Waals surface area contributed by atoms with Crippen LogP contribution in [0.2, 0.25) is 0 Å². The predicted molar refractivity (Wildman–Crippen MR) is 128 cm³/mol. The highest BCUT2D eigenvalue weighted by atomic mass is 16.2. The molecule has 1 amide bonds. The fourth-order valence-corrected chi connectivity index (χ4v) is 5.06. The minimum absolute atomic E-state index is 0.0152. The van der Waals surface area contributed by atoms with Gasteiger partial charge in [-0.05, 0) is 79.8 Å². The number of likely N-dealkylation sites (N-methyl/N-ethyl adjacent to an activating group) is 1. The quantitative estimate of drug-likeness (QED) is 0.310. The van der Waals surface area contributed by atoms with Gasteiger partial charge in [0.2, 0.25) is 0 Å². The van der Waals surface area contributed by atoms with Crippen LogP contribution >= 0.6 is 0 Å². The first-order valence-electron chi connectivity index (χ1n) is 11.6. The lowest BCUT2D eigenvalue weighted by Crippen LogP contribution is -2.47. The molecule has 31 heavy (non-hydrogen) atoms. The molecule has 1 aliphatic heterocycles. The number of nitrogens with two attached hydrogens (primary N) is 1. The van der Waals surface area contributed by atoms with Crippen molar-refractivity contribution in [2.24, 2.45) is 11.3 Å². The predicted octanol–water partition coefficient (Wildman–Crippen LogP) is 4.28. The molecule has 0 aromatic heterocycles. The summed E-state index contributed by atoms with van der Waals surface area (Å²) in [5, 5.41) is 4.57. The molecule has 1 atom stereocenters. The molecule has 1 aromatic carbocycles. The topological polar surface area (TPSA) is 61.6 Å². The van der Waals surface area contributed by atoms with Gasteiger partial charge in [0.05, 0.1) is 6.04 Å². The lowest BCUT2D eigenvalue weighted by molar-refractivity contribution is -0.119. The minimum Gasteiger partial charge on any atom is -0.344 e. The number of nitrogens with one attached hydrogen (secondary N) is 1. The van der Waals surface area contributed by atoms with Crippen molar-refractivity contribution >= 4 is 5.91 Å². The molecular weight excluding hydrogens is 384 g/mol. The standard InChI is InChI=1S/C26H40N4O/c1-6-9-23(29(5)27)24(31)28-22-12-13-26(21-11-8-7-10-20(21)22)15-18-30(19-16-26)17-14-25(2,3)4/h6-11,22H,1,12-19,27H2,2-5H3,(H,28,31)/b23-9-/t22-/m0/s1. The van der Waals surface area contributed by atoms with Crippen LogP contribution in [0.5, 0.6) is 0 Å². The van der Waals surface area contributed by atoms with E-state index in [0.29, 0.717) is 11.1 Å². The van der Waals surface area contributed by atoms with Gasteiger partial charge in [-0.3, -0.25) is 4.79 Å². The van der Waals surface area contributed by atoms with Gasteiger partial charge in [-0.15, -0.1) is 0 Å². The number of fused-ring (bicyclic) bond motifs is 2. The third-order valence-corrected chi connectivity index (χ3v) is 7.00. The highest BCUT2D eigenvalue weighted by molar-refractivity contribution is 5.93. The molecule has 5 heteroatoms. The van der Waals surface area contributed by atoms with Crippen LogP contribution < -0.4 is 11.2 Å². The number of hydrogen-bond donors (Lipinski definition) is 2. The van der Waals surface area contributed by atoms with E-state index in [1.54, 1.807) is 19.2 Å². The number of rotatable bonds is 6. The van der Waals surface area contributed by atoms with Crippen molar-refractivity contribution in [3.63, 3.8) is 0 Å². The smallest absolute Gasteiger partial charge is 0.269 e. The number of hydrogen-bond acceptors (Lipinski definition) is 4. The van der Waals surface area contributed by atoms with E-state index in [-0.39, 0.29) is 17.4 Å². The summed E-state index contributed by atoms with van der Waals surface area (Å²) < 4.78 is 0. The second-order valence-electron chi connectivity index (χ2n) is 10.5. The van der Waals surface area contributed by atoms with Gasteiger partial charge in [-0.2, -0.15) is 0 Å². The van der Waals surface area contributed by atoms with E-state index in [9.17, 15) is 4.79 Å². The summed E-state index contributed by atoms with van der Waals surface area (Å²) in [6, 6.07) is 8.73. The van der Waals surface area contributed by atoms with Gasteiger partial charge >= 0.3 is 0 Å². The lowest BCUT2D eigenvalue weighted by Gasteiger charge is -2.47. The number of likely N-dealkylation sites (tertiary alicyclic amines) is 1. The van der Waals surface area contributed by atoms with Crippen molar-refractivity contribution in [1.29, 1.82) is 0 Å². The Balaban J connectivity index is 1.73. The van der Waals surface area contributed by atoms with E-state index < -0.39 is 0 Å². The normalized spacial score (nSPS) is 21.5. The highest BCUT2D eigenvalue weighted by Gasteiger charge is 2.42. The molecule has 1 fully saturated rings. The number of carbonyl (C=O) groups excluding carboxylic acids is 1. The lowest BCUT2D eigenvalue weighted by atomic mass is 9.63. The van der Waals surface area contributed by atoms with Gasteiger partial charge < -0.3 is 15.2 Å². The molecule has 1 spiro atoms. The van der Waals surface area contributed by atoms with Crippen LogP contribution in [0.3, 0.4) is 0 Å². The number of piperidine rings is 1. The number of nitrogens with zero attached hydrogens (tertiary/aromatic N) is 2. The summed E-state index contributed by atoms with van der Waals surface area (Å²) in [5.41, 5.74) is 3.73. The van der Waals surface area contributed by atoms with Crippen molar-refractivity contribution < 1.29 is 4.79 Å². The molecule has 0 unspecified atom stereocenters. The Morgan fingerprint density at radius 2 is 1.97 bits per heavy atom. The van der Waals surface area contributed by atoms with Crippen LogP contribution in [0.1, 0.15) is 70.0 Å². The Labute approximate surface area is 188 Å². The Bertz CT molecular complexity index is 813. The second kappa shape index (κ2) is 9.58. The van der Waals surface area contributed by atoms with Crippen molar-refractivity contribution in [3.8, 4) is 0 Å². The molecular formula is C26H40N4O. The number of allylic oxidation sites excluding steroid dienone is 2. The third kappa shape index (κ3) is 5.58. The number of carbonyl (C=O) groups is 1. The maximum atomic E-state index is 12.9. The Hall–Kier alpha value is -2.11. The van der Waals surface area contributed by atoms with Crippen molar-refractivity contribution in [2.45, 2.75) is 64.3 Å². The van der Waals surface area contributed by atoms with Gasteiger partial charge in [0, 0.05) is 7.05 Å². The van der Waals surface area contributed by atoms with Crippen molar-refractivity contribution in [2.75, 3.05) is 26.7 Å². The Morgan fingerprint density at radius 1 is 1.29 bits per heavy atom. The minimum atomic E-state index is -0.155. The molecule has 0 radical (unpaired) electrons. The molecule has 0 bridgehead atoms. The van der Waals surface area contributed by atoms with E-state index in [1.165, 1.54) is 41.9 Å². The summed E-state index contributed by atoms with van der Waals surface area (Å²) in [6.45, 7) is 14.2. The Kier molecular flexibility index (Phi) is 7.28. The maximum Gasteiger partial charge on any atom is 0.269 e. The van der Waals surface area contributed by atoms with Crippen LogP contribution in [0.15, 0.2) is 48.7 Å². The molecule has 5 nitrogen and oxygen atoms in total. The molecule has 1 aliphatic carbocycles. The number of amides is 1. The van der Waals surface area contributed by atoms with Gasteiger partial charge in [-0.25, -0.2) is 5.84 Å². The van der Waals surface area contributed by atoms with E-state index >= 15 is 0 Å². The molecule has 3 N–H and O–H groups in total. The summed E-state index contributed by atoms with van der Waals surface area (Å²) in [6.07, 6.45) is 8.95. The SMILES string of the molecule is C=C/C=C(/C(=O)N[C@H]1CCC2(CCN(CCC(C)(C)C)CC2)c2ccccc21)N(C)N. The summed E-state index contributed by atoms with van der Waals surface area (Å²) in [4.78, 5) is 15.5. The number of hydrazine groups is 1. The highest BCUT2D eigenvalue weighted by Crippen LogP contribution is 2.48. The zero-order valence-corrected chi connectivity index (χ0v) is 19.8. The molecule has 1 saturated heterocycles. The van der Waals surface area contributed by atoms with Gasteiger partial charge in [0.1, 0.15) is 5.70 Å². The number of benzene rings is 1. The van der Waals surface area contributed by atoms with Gasteiger partial charge in [0.25, 0.3) is 5.91 Å². The molecule has 170 valence electrons. The van der Waals surface area contributed by atoms with Crippen LogP contribution in [0, 0.1) is 5.41 Å². The fraction of sp³-hybridized carbons (Fsp3) is 0.577. The summed E-state index contributed by atoms with van der Waals surface area (Å²) in [5.74, 6) is 5.70. The van der Waals surface area contributed by atoms with E-state index in [2.05, 4.69) is 61.8 Å². The maximum absolute atomic E-state index is 12.9. The van der Waals surface area contributed by atoms with Crippen LogP contribution in [0.4, 0.5) is 0 Å². The van der Waals surface area contributed by atoms with Gasteiger partial charge in [-0.1, -0.05) is 57.7 Å². The zero-order valence-electron chi connectivity index (χ0n) is 19.8. The zero-order chi connectivity index (χ0) is 22.6. The largest absolute Gasteiger partial charge is 0.344 e. The average Bonchev–Trinajstić information content (AvgIpc) is 2.73. The molecule has 1 heterocycles. The van der Waals surface area contributed by atoms with Crippen LogP contribution in [-0.2, 0) is 10.2 Å². The van der Waals surface area contributed by atoms with E-state index in [1.807, 2.05) is 0 Å². The molecule has 3 rings (SSSR count). The second-order valence-corrected chi connectivity index (χ2v) is 10.5. The monoisotopic (exact) mass is 424 g/mol. The Morgan fingerprint density at radius 3 is 2.58 bits per heavy atom. The van der Waals surface area contributed by atoms with Crippen molar-refractivity contribution in [1.82, 2.24) is 15.2 Å². The van der Waals surface area contributed by atoms with Crippen LogP contribution in [-0.4, -0.2) is 42.5 Å². The average molecular weight is 425 g/mol. The third-order valence-electron chi connectivity index (χ3n) is 7.00. The molecule has 1 aromatic rings. The molecule has 0 saturated carbocycles. The van der Waals surface area contributed by atoms with Crippen molar-refractivity contribution in [3.05, 3.63) is 59.8 Å². The molecule has 2 aliphatic rings. The van der Waals surface area contributed by atoms with Crippen LogP contribution in [0.25, 0.3) is 0 Å². The first-order chi connectivity index (χ1) is 14.6. The summed E-state index contributed by atoms with van der Waals surface area (Å²) in [7, 11) is 1.67. The fourth-order valence-electron chi connectivity index (χ4n) is 5.06. The first kappa shape index (κ1) is 23.6. The van der Waals surface area contributed by atoms with E-state index in [4.69, 9.17) is 5.84 Å². The summed E-state index contributed by atoms with van der Waals surface area (Å²) >= 11 is 0. The van der Waals surface area contributed by atoms with E-state index in [0.717, 1.165) is 25.9 Å².